The predicted molar refractivity (Wildman–Crippen MR) is 61.8 cm³/mol. The summed E-state index contributed by atoms with van der Waals surface area (Å²) in [6, 6.07) is 5.96. The van der Waals surface area contributed by atoms with Crippen molar-refractivity contribution < 1.29 is 0 Å². The van der Waals surface area contributed by atoms with E-state index >= 15 is 0 Å². The lowest BCUT2D eigenvalue weighted by Crippen LogP contribution is -2.05. The molecule has 1 aromatic rings. The molecule has 1 N–H and O–H groups in total. The molecule has 1 aliphatic heterocycles. The second-order valence-corrected chi connectivity index (χ2v) is 4.54. The van der Waals surface area contributed by atoms with Crippen LogP contribution >= 0.6 is 11.6 Å². The lowest BCUT2D eigenvalue weighted by molar-refractivity contribution is 0.571. The summed E-state index contributed by atoms with van der Waals surface area (Å²) >= 11 is 5.98. The van der Waals surface area contributed by atoms with Crippen molar-refractivity contribution in [3.05, 3.63) is 41.1 Å². The minimum Gasteiger partial charge on any atom is -0.359 e. The molecule has 0 aliphatic carbocycles. The summed E-state index contributed by atoms with van der Waals surface area (Å²) in [4.78, 5) is 0. The van der Waals surface area contributed by atoms with E-state index in [0.717, 1.165) is 16.4 Å². The fourth-order valence-electron chi connectivity index (χ4n) is 2.10. The number of hydrogen-bond acceptors (Lipinski definition) is 1. The molecular formula is C12H14ClN. The van der Waals surface area contributed by atoms with Crippen LogP contribution in [0.4, 0.5) is 5.69 Å². The molecule has 0 bridgehead atoms. The van der Waals surface area contributed by atoms with Gasteiger partial charge in [-0.15, -0.1) is 0 Å². The van der Waals surface area contributed by atoms with E-state index in [4.69, 9.17) is 11.6 Å². The zero-order chi connectivity index (χ0) is 10.3. The van der Waals surface area contributed by atoms with E-state index in [1.165, 1.54) is 5.56 Å². The maximum atomic E-state index is 5.98. The van der Waals surface area contributed by atoms with Gasteiger partial charge in [-0.1, -0.05) is 32.0 Å². The molecule has 0 saturated carbocycles. The summed E-state index contributed by atoms with van der Waals surface area (Å²) in [5, 5.41) is 4.10. The topological polar surface area (TPSA) is 12.0 Å². The molecule has 2 rings (SSSR count). The third-order valence-electron chi connectivity index (χ3n) is 2.69. The summed E-state index contributed by atoms with van der Waals surface area (Å²) in [7, 11) is 0. The molecule has 0 spiro atoms. The van der Waals surface area contributed by atoms with Crippen molar-refractivity contribution in [3.8, 4) is 0 Å². The normalized spacial score (nSPS) is 19.7. The van der Waals surface area contributed by atoms with Crippen LogP contribution in [-0.4, -0.2) is 0 Å². The Morgan fingerprint density at radius 2 is 2.14 bits per heavy atom. The highest BCUT2D eigenvalue weighted by Gasteiger charge is 2.28. The van der Waals surface area contributed by atoms with E-state index in [1.54, 1.807) is 0 Å². The van der Waals surface area contributed by atoms with Crippen LogP contribution in [-0.2, 0) is 0 Å². The number of nitrogens with one attached hydrogen (secondary N) is 1. The van der Waals surface area contributed by atoms with E-state index in [9.17, 15) is 0 Å². The number of fused-ring (bicyclic) bond motifs is 1. The maximum Gasteiger partial charge on any atom is 0.0422 e. The summed E-state index contributed by atoms with van der Waals surface area (Å²) in [6.45, 7) is 8.45. The lowest BCUT2D eigenvalue weighted by atomic mass is 9.88. The number of hydrogen-bond donors (Lipinski definition) is 1. The average Bonchev–Trinajstić information content (AvgIpc) is 2.40. The highest BCUT2D eigenvalue weighted by atomic mass is 35.5. The van der Waals surface area contributed by atoms with Gasteiger partial charge in [0.05, 0.1) is 0 Å². The largest absolute Gasteiger partial charge is 0.359 e. The first-order chi connectivity index (χ1) is 6.59. The van der Waals surface area contributed by atoms with Gasteiger partial charge < -0.3 is 5.32 Å². The molecule has 1 atom stereocenters. The van der Waals surface area contributed by atoms with E-state index in [2.05, 4.69) is 25.7 Å². The van der Waals surface area contributed by atoms with Crippen LogP contribution in [0.1, 0.15) is 25.3 Å². The van der Waals surface area contributed by atoms with Crippen LogP contribution in [0.25, 0.3) is 0 Å². The summed E-state index contributed by atoms with van der Waals surface area (Å²) < 4.78 is 0. The van der Waals surface area contributed by atoms with Gasteiger partial charge in [-0.3, -0.25) is 0 Å². The Labute approximate surface area is 89.8 Å². The molecule has 1 heterocycles. The Kier molecular flexibility index (Phi) is 2.28. The minimum absolute atomic E-state index is 0.392. The van der Waals surface area contributed by atoms with Crippen molar-refractivity contribution in [2.75, 3.05) is 5.32 Å². The molecule has 14 heavy (non-hydrogen) atoms. The zero-order valence-electron chi connectivity index (χ0n) is 8.47. The molecule has 0 aromatic heterocycles. The fourth-order valence-corrected chi connectivity index (χ4v) is 2.29. The molecule has 0 fully saturated rings. The number of rotatable bonds is 1. The zero-order valence-corrected chi connectivity index (χ0v) is 9.23. The Balaban J connectivity index is 2.50. The molecule has 74 valence electrons. The van der Waals surface area contributed by atoms with Gasteiger partial charge in [0.1, 0.15) is 0 Å². The molecule has 1 aromatic carbocycles. The smallest absolute Gasteiger partial charge is 0.0422 e. The van der Waals surface area contributed by atoms with E-state index in [1.807, 2.05) is 18.2 Å². The standard InChI is InChI=1S/C12H14ClN/c1-7(2)12-8(3)14-11-5-4-9(13)6-10(11)12/h4-7,12,14H,3H2,1-2H3/t12-/m0/s1. The average molecular weight is 208 g/mol. The number of benzene rings is 1. The second kappa shape index (κ2) is 3.32. The molecule has 2 heteroatoms. The van der Waals surface area contributed by atoms with Crippen LogP contribution in [0, 0.1) is 5.92 Å². The number of allylic oxidation sites excluding steroid dienone is 1. The Hall–Kier alpha value is -0.950. The van der Waals surface area contributed by atoms with Gasteiger partial charge >= 0.3 is 0 Å². The second-order valence-electron chi connectivity index (χ2n) is 4.10. The van der Waals surface area contributed by atoms with E-state index in [0.29, 0.717) is 11.8 Å². The minimum atomic E-state index is 0.392. The Bertz CT molecular complexity index is 382. The van der Waals surface area contributed by atoms with Crippen LogP contribution in [0.5, 0.6) is 0 Å². The molecule has 1 aliphatic rings. The van der Waals surface area contributed by atoms with Gasteiger partial charge in [-0.05, 0) is 29.7 Å². The van der Waals surface area contributed by atoms with Crippen molar-refractivity contribution >= 4 is 17.3 Å². The van der Waals surface area contributed by atoms with Gasteiger partial charge in [-0.25, -0.2) is 0 Å². The Morgan fingerprint density at radius 3 is 2.79 bits per heavy atom. The monoisotopic (exact) mass is 207 g/mol. The van der Waals surface area contributed by atoms with Crippen molar-refractivity contribution in [1.29, 1.82) is 0 Å². The van der Waals surface area contributed by atoms with E-state index in [-0.39, 0.29) is 0 Å². The summed E-state index contributed by atoms with van der Waals surface area (Å²) in [6.07, 6.45) is 0. The first kappa shape index (κ1) is 9.60. The van der Waals surface area contributed by atoms with Gasteiger partial charge in [0.2, 0.25) is 0 Å². The Morgan fingerprint density at radius 1 is 1.43 bits per heavy atom. The molecule has 0 radical (unpaired) electrons. The highest BCUT2D eigenvalue weighted by Crippen LogP contribution is 2.42. The van der Waals surface area contributed by atoms with Gasteiger partial charge in [-0.2, -0.15) is 0 Å². The summed E-state index contributed by atoms with van der Waals surface area (Å²) in [5.74, 6) is 0.943. The third kappa shape index (κ3) is 1.42. The predicted octanol–water partition coefficient (Wildman–Crippen LogP) is 4.02. The highest BCUT2D eigenvalue weighted by molar-refractivity contribution is 6.30. The number of halogens is 1. The van der Waals surface area contributed by atoms with Crippen LogP contribution in [0.2, 0.25) is 5.02 Å². The van der Waals surface area contributed by atoms with Crippen LogP contribution < -0.4 is 5.32 Å². The lowest BCUT2D eigenvalue weighted by Gasteiger charge is -2.15. The number of anilines is 1. The first-order valence-corrected chi connectivity index (χ1v) is 5.22. The quantitative estimate of drug-likeness (QED) is 0.734. The fraction of sp³-hybridized carbons (Fsp3) is 0.333. The first-order valence-electron chi connectivity index (χ1n) is 4.85. The van der Waals surface area contributed by atoms with Crippen molar-refractivity contribution in [2.45, 2.75) is 19.8 Å². The van der Waals surface area contributed by atoms with Gasteiger partial charge in [0.15, 0.2) is 0 Å². The van der Waals surface area contributed by atoms with Crippen LogP contribution in [0.15, 0.2) is 30.5 Å². The SMILES string of the molecule is C=C1Nc2ccc(Cl)cc2[C@H]1C(C)C. The molecule has 0 unspecified atom stereocenters. The molecule has 0 saturated heterocycles. The third-order valence-corrected chi connectivity index (χ3v) is 2.92. The van der Waals surface area contributed by atoms with Crippen molar-refractivity contribution in [1.82, 2.24) is 0 Å². The van der Waals surface area contributed by atoms with Gasteiger partial charge in [0.25, 0.3) is 0 Å². The van der Waals surface area contributed by atoms with Crippen molar-refractivity contribution in [3.63, 3.8) is 0 Å². The maximum absolute atomic E-state index is 5.98. The molecule has 1 nitrogen and oxygen atoms in total. The molecular weight excluding hydrogens is 194 g/mol. The summed E-state index contributed by atoms with van der Waals surface area (Å²) in [5.41, 5.74) is 3.51. The van der Waals surface area contributed by atoms with Gasteiger partial charge in [0, 0.05) is 22.3 Å². The van der Waals surface area contributed by atoms with Crippen molar-refractivity contribution in [2.24, 2.45) is 5.92 Å². The molecule has 0 amide bonds. The van der Waals surface area contributed by atoms with E-state index < -0.39 is 0 Å². The van der Waals surface area contributed by atoms with Crippen LogP contribution in [0.3, 0.4) is 0 Å².